The lowest BCUT2D eigenvalue weighted by Crippen LogP contribution is -2.07. The van der Waals surface area contributed by atoms with Gasteiger partial charge in [-0.25, -0.2) is 4.68 Å². The number of para-hydroxylation sites is 1. The van der Waals surface area contributed by atoms with Crippen molar-refractivity contribution in [2.45, 2.75) is 6.54 Å². The van der Waals surface area contributed by atoms with Gasteiger partial charge in [0.05, 0.1) is 13.7 Å². The Morgan fingerprint density at radius 1 is 1.14 bits per heavy atom. The molecular weight excluding hydrogens is 278 g/mol. The van der Waals surface area contributed by atoms with Crippen molar-refractivity contribution >= 4 is 17.6 Å². The predicted molar refractivity (Wildman–Crippen MR) is 86.3 cm³/mol. The van der Waals surface area contributed by atoms with Crippen LogP contribution in [0.15, 0.2) is 54.6 Å². The molecule has 1 heterocycles. The Morgan fingerprint density at radius 3 is 2.73 bits per heavy atom. The van der Waals surface area contributed by atoms with Crippen molar-refractivity contribution in [2.24, 2.45) is 0 Å². The monoisotopic (exact) mass is 295 g/mol. The van der Waals surface area contributed by atoms with Gasteiger partial charge in [-0.15, -0.1) is 5.10 Å². The molecule has 22 heavy (non-hydrogen) atoms. The zero-order valence-electron chi connectivity index (χ0n) is 12.2. The highest BCUT2D eigenvalue weighted by molar-refractivity contribution is 5.54. The molecule has 0 bridgehead atoms. The van der Waals surface area contributed by atoms with Crippen LogP contribution in [-0.4, -0.2) is 21.9 Å². The topological polar surface area (TPSA) is 78.0 Å². The number of hydrogen-bond acceptors (Lipinski definition) is 5. The summed E-state index contributed by atoms with van der Waals surface area (Å²) in [6.07, 6.45) is 0. The Labute approximate surface area is 128 Å². The van der Waals surface area contributed by atoms with E-state index in [9.17, 15) is 0 Å². The van der Waals surface area contributed by atoms with Crippen molar-refractivity contribution in [1.82, 2.24) is 14.8 Å². The van der Waals surface area contributed by atoms with Crippen LogP contribution in [0.25, 0.3) is 0 Å². The largest absolute Gasteiger partial charge is 0.497 e. The molecule has 0 radical (unpaired) electrons. The van der Waals surface area contributed by atoms with Crippen LogP contribution >= 0.6 is 0 Å². The van der Waals surface area contributed by atoms with Crippen molar-refractivity contribution < 1.29 is 4.74 Å². The minimum atomic E-state index is 0.237. The van der Waals surface area contributed by atoms with Crippen molar-refractivity contribution in [3.8, 4) is 5.75 Å². The van der Waals surface area contributed by atoms with Crippen molar-refractivity contribution in [3.05, 3.63) is 60.2 Å². The first kappa shape index (κ1) is 13.9. The van der Waals surface area contributed by atoms with Gasteiger partial charge in [0, 0.05) is 5.69 Å². The fourth-order valence-electron chi connectivity index (χ4n) is 2.16. The standard InChI is InChI=1S/C16H17N5O/c1-22-14-9-5-6-12(10-14)11-21-16(19-15(17)20-21)18-13-7-3-2-4-8-13/h2-10H,11H2,1H3,(H3,17,18,19,20). The summed E-state index contributed by atoms with van der Waals surface area (Å²) >= 11 is 0. The summed E-state index contributed by atoms with van der Waals surface area (Å²) in [5.41, 5.74) is 7.72. The van der Waals surface area contributed by atoms with E-state index in [2.05, 4.69) is 15.4 Å². The molecule has 3 rings (SSSR count). The molecule has 0 saturated heterocycles. The van der Waals surface area contributed by atoms with Gasteiger partial charge in [-0.05, 0) is 29.8 Å². The van der Waals surface area contributed by atoms with Crippen LogP contribution in [0.3, 0.4) is 0 Å². The second-order valence-corrected chi connectivity index (χ2v) is 4.79. The Bertz CT molecular complexity index is 754. The second-order valence-electron chi connectivity index (χ2n) is 4.79. The van der Waals surface area contributed by atoms with Gasteiger partial charge in [0.2, 0.25) is 11.9 Å². The Balaban J connectivity index is 1.84. The zero-order chi connectivity index (χ0) is 15.4. The highest BCUT2D eigenvalue weighted by atomic mass is 16.5. The summed E-state index contributed by atoms with van der Waals surface area (Å²) in [6, 6.07) is 17.6. The van der Waals surface area contributed by atoms with E-state index in [1.807, 2.05) is 54.6 Å². The smallest absolute Gasteiger partial charge is 0.241 e. The first-order chi connectivity index (χ1) is 10.7. The van der Waals surface area contributed by atoms with Crippen LogP contribution < -0.4 is 15.8 Å². The average molecular weight is 295 g/mol. The van der Waals surface area contributed by atoms with Gasteiger partial charge in [-0.3, -0.25) is 0 Å². The molecule has 0 aliphatic carbocycles. The number of hydrogen-bond donors (Lipinski definition) is 2. The van der Waals surface area contributed by atoms with Crippen LogP contribution in [0.1, 0.15) is 5.56 Å². The molecule has 0 amide bonds. The highest BCUT2D eigenvalue weighted by Gasteiger charge is 2.09. The quantitative estimate of drug-likeness (QED) is 0.756. The first-order valence-corrected chi connectivity index (χ1v) is 6.90. The summed E-state index contributed by atoms with van der Waals surface area (Å²) < 4.78 is 6.97. The molecule has 1 aromatic heterocycles. The van der Waals surface area contributed by atoms with Crippen LogP contribution in [0.2, 0.25) is 0 Å². The molecule has 0 aliphatic heterocycles. The van der Waals surface area contributed by atoms with Crippen LogP contribution in [-0.2, 0) is 6.54 Å². The van der Waals surface area contributed by atoms with E-state index in [1.165, 1.54) is 0 Å². The van der Waals surface area contributed by atoms with E-state index in [0.29, 0.717) is 12.5 Å². The van der Waals surface area contributed by atoms with Crippen LogP contribution in [0.4, 0.5) is 17.6 Å². The molecule has 6 heteroatoms. The molecule has 0 fully saturated rings. The average Bonchev–Trinajstić information content (AvgIpc) is 2.88. The van der Waals surface area contributed by atoms with Gasteiger partial charge in [0.15, 0.2) is 0 Å². The minimum Gasteiger partial charge on any atom is -0.497 e. The molecule has 0 aliphatic rings. The van der Waals surface area contributed by atoms with Crippen molar-refractivity contribution in [3.63, 3.8) is 0 Å². The predicted octanol–water partition coefficient (Wildman–Crippen LogP) is 2.66. The van der Waals surface area contributed by atoms with Crippen molar-refractivity contribution in [2.75, 3.05) is 18.2 Å². The lowest BCUT2D eigenvalue weighted by atomic mass is 10.2. The third kappa shape index (κ3) is 3.17. The Kier molecular flexibility index (Phi) is 3.91. The molecule has 3 N–H and O–H groups in total. The van der Waals surface area contributed by atoms with Gasteiger partial charge in [-0.1, -0.05) is 30.3 Å². The molecule has 2 aromatic carbocycles. The van der Waals surface area contributed by atoms with Crippen LogP contribution in [0, 0.1) is 0 Å². The summed E-state index contributed by atoms with van der Waals surface area (Å²) in [6.45, 7) is 0.552. The third-order valence-corrected chi connectivity index (χ3v) is 3.18. The van der Waals surface area contributed by atoms with Gasteiger partial charge in [-0.2, -0.15) is 4.98 Å². The van der Waals surface area contributed by atoms with E-state index in [-0.39, 0.29) is 5.95 Å². The van der Waals surface area contributed by atoms with Gasteiger partial charge >= 0.3 is 0 Å². The van der Waals surface area contributed by atoms with Gasteiger partial charge in [0.25, 0.3) is 0 Å². The highest BCUT2D eigenvalue weighted by Crippen LogP contribution is 2.18. The van der Waals surface area contributed by atoms with Gasteiger partial charge in [0.1, 0.15) is 5.75 Å². The van der Waals surface area contributed by atoms with E-state index < -0.39 is 0 Å². The maximum Gasteiger partial charge on any atom is 0.241 e. The second kappa shape index (κ2) is 6.17. The molecule has 0 atom stereocenters. The lowest BCUT2D eigenvalue weighted by molar-refractivity contribution is 0.414. The maximum atomic E-state index is 5.74. The number of rotatable bonds is 5. The minimum absolute atomic E-state index is 0.237. The molecule has 3 aromatic rings. The number of nitrogens with zero attached hydrogens (tertiary/aromatic N) is 3. The van der Waals surface area contributed by atoms with Gasteiger partial charge < -0.3 is 15.8 Å². The number of benzene rings is 2. The molecule has 112 valence electrons. The Hall–Kier alpha value is -3.02. The van der Waals surface area contributed by atoms with E-state index in [0.717, 1.165) is 17.0 Å². The summed E-state index contributed by atoms with van der Waals surface area (Å²) in [5.74, 6) is 1.65. The molecule has 0 unspecified atom stereocenters. The Morgan fingerprint density at radius 2 is 1.95 bits per heavy atom. The number of nitrogens with one attached hydrogen (secondary N) is 1. The number of nitrogen functional groups attached to an aromatic ring is 1. The molecule has 6 nitrogen and oxygen atoms in total. The number of ether oxygens (including phenoxy) is 1. The third-order valence-electron chi connectivity index (χ3n) is 3.18. The molecule has 0 saturated carbocycles. The summed E-state index contributed by atoms with van der Waals surface area (Å²) in [7, 11) is 1.65. The number of methoxy groups -OCH3 is 1. The molecule has 0 spiro atoms. The van der Waals surface area contributed by atoms with E-state index >= 15 is 0 Å². The summed E-state index contributed by atoms with van der Waals surface area (Å²) in [5, 5.41) is 7.46. The summed E-state index contributed by atoms with van der Waals surface area (Å²) in [4.78, 5) is 4.23. The number of anilines is 3. The van der Waals surface area contributed by atoms with E-state index in [4.69, 9.17) is 10.5 Å². The fourth-order valence-corrected chi connectivity index (χ4v) is 2.16. The zero-order valence-corrected chi connectivity index (χ0v) is 12.2. The maximum absolute atomic E-state index is 5.74. The first-order valence-electron chi connectivity index (χ1n) is 6.90. The fraction of sp³-hybridized carbons (Fsp3) is 0.125. The SMILES string of the molecule is COc1cccc(Cn2nc(N)nc2Nc2ccccc2)c1. The van der Waals surface area contributed by atoms with E-state index in [1.54, 1.807) is 11.8 Å². The van der Waals surface area contributed by atoms with Crippen LogP contribution in [0.5, 0.6) is 5.75 Å². The normalized spacial score (nSPS) is 10.4. The lowest BCUT2D eigenvalue weighted by Gasteiger charge is -2.09. The van der Waals surface area contributed by atoms with Crippen molar-refractivity contribution in [1.29, 1.82) is 0 Å². The number of aromatic nitrogens is 3. The molecular formula is C16H17N5O. The number of nitrogens with two attached hydrogens (primary N) is 1.